The van der Waals surface area contributed by atoms with E-state index in [1.807, 2.05) is 47.4 Å². The van der Waals surface area contributed by atoms with E-state index in [-0.39, 0.29) is 55.6 Å². The van der Waals surface area contributed by atoms with E-state index in [2.05, 4.69) is 25.9 Å². The summed E-state index contributed by atoms with van der Waals surface area (Å²) in [5, 5.41) is 21.2. The fourth-order valence-corrected chi connectivity index (χ4v) is 6.58. The van der Waals surface area contributed by atoms with E-state index in [1.54, 1.807) is 0 Å². The molecule has 2 aromatic carbocycles. The van der Waals surface area contributed by atoms with Crippen molar-refractivity contribution in [3.8, 4) is 0 Å². The predicted molar refractivity (Wildman–Crippen MR) is 144 cm³/mol. The quantitative estimate of drug-likeness (QED) is 0.267. The first kappa shape index (κ1) is 24.9. The van der Waals surface area contributed by atoms with Gasteiger partial charge >= 0.3 is 6.03 Å². The molecule has 4 aliphatic heterocycles. The molecule has 13 nitrogen and oxygen atoms in total. The average molecular weight is 534 g/mol. The van der Waals surface area contributed by atoms with Gasteiger partial charge < -0.3 is 37.4 Å². The van der Waals surface area contributed by atoms with Crippen LogP contribution in [0.3, 0.4) is 0 Å². The van der Waals surface area contributed by atoms with Gasteiger partial charge in [0.2, 0.25) is 11.8 Å². The number of amides is 4. The molecule has 0 saturated carbocycles. The smallest absolute Gasteiger partial charge is 0.319 e. The van der Waals surface area contributed by atoms with Crippen LogP contribution < -0.4 is 27.4 Å². The number of carbonyl (C=O) groups is 3. The van der Waals surface area contributed by atoms with E-state index in [9.17, 15) is 19.5 Å². The lowest BCUT2D eigenvalue weighted by Crippen LogP contribution is -2.72. The van der Waals surface area contributed by atoms with E-state index >= 15 is 0 Å². The maximum absolute atomic E-state index is 13.2. The number of nitrogens with one attached hydrogen (secondary N) is 3. The molecule has 8 N–H and O–H groups in total. The number of aliphatic imine (C=N–C) groups is 2. The number of imide groups is 1. The highest BCUT2D eigenvalue weighted by molar-refractivity contribution is 6.02. The van der Waals surface area contributed by atoms with Crippen molar-refractivity contribution < 1.29 is 19.5 Å². The monoisotopic (exact) mass is 533 g/mol. The third kappa shape index (κ3) is 4.00. The number of carbonyl (C=O) groups excluding carboxylic acids is 3. The molecule has 0 aromatic heterocycles. The Morgan fingerprint density at radius 3 is 2.62 bits per heavy atom. The number of aliphatic hydroxyl groups is 1. The number of nitrogens with two attached hydrogens (primary N) is 2. The highest BCUT2D eigenvalue weighted by Gasteiger charge is 2.65. The summed E-state index contributed by atoms with van der Waals surface area (Å²) in [7, 11) is 0. The van der Waals surface area contributed by atoms with Crippen LogP contribution in [0.1, 0.15) is 19.3 Å². The lowest BCUT2D eigenvalue weighted by Gasteiger charge is -2.48. The molecule has 2 saturated heterocycles. The Hall–Kier alpha value is -4.39. The number of guanidine groups is 2. The van der Waals surface area contributed by atoms with Crippen molar-refractivity contribution in [3.63, 3.8) is 0 Å². The summed E-state index contributed by atoms with van der Waals surface area (Å²) >= 11 is 0. The fourth-order valence-electron chi connectivity index (χ4n) is 6.58. The van der Waals surface area contributed by atoms with Gasteiger partial charge in [0.1, 0.15) is 11.7 Å². The van der Waals surface area contributed by atoms with Gasteiger partial charge in [0, 0.05) is 37.3 Å². The summed E-state index contributed by atoms with van der Waals surface area (Å²) in [6.07, 6.45) is 0.645. The molecule has 4 aliphatic rings. The molecule has 2 aromatic rings. The number of hydrogen-bond acceptors (Lipinski definition) is 10. The lowest BCUT2D eigenvalue weighted by atomic mass is 9.79. The zero-order chi connectivity index (χ0) is 27.3. The molecule has 39 heavy (non-hydrogen) atoms. The minimum absolute atomic E-state index is 0.0303. The first-order valence-corrected chi connectivity index (χ1v) is 13.0. The minimum Gasteiger partial charge on any atom is -0.396 e. The highest BCUT2D eigenvalue weighted by atomic mass is 16.3. The summed E-state index contributed by atoms with van der Waals surface area (Å²) in [5.41, 5.74) is 12.3. The van der Waals surface area contributed by atoms with E-state index in [0.29, 0.717) is 18.7 Å². The second-order valence-electron chi connectivity index (χ2n) is 10.3. The van der Waals surface area contributed by atoms with E-state index in [4.69, 9.17) is 11.5 Å². The number of aliphatic hydroxyl groups excluding tert-OH is 1. The number of hydrogen-bond donors (Lipinski definition) is 6. The highest BCUT2D eigenvalue weighted by Crippen LogP contribution is 2.45. The summed E-state index contributed by atoms with van der Waals surface area (Å²) in [6, 6.07) is 11.4. The Labute approximate surface area is 224 Å². The first-order chi connectivity index (χ1) is 18.8. The molecule has 4 amide bonds. The lowest BCUT2D eigenvalue weighted by molar-refractivity contribution is -0.138. The molecule has 4 heterocycles. The standard InChI is InChI=1S/C26H31N9O4/c27-23-32-22-19(12-34-20(37)8-9-21(34)38)29-24(28)35-13-18(16(10-11-36)26(22,35)33-23)31-25(39)30-17-7-3-5-14-4-1-2-6-15(14)17/h1-7,16,18-19,22,36H,8-13H2,(H2,28,29)(H3,27,32,33)(H2,30,31,39)/t16?,18?,19-,22?,26?/m0/s1. The van der Waals surface area contributed by atoms with Gasteiger partial charge in [-0.2, -0.15) is 0 Å². The van der Waals surface area contributed by atoms with Crippen molar-refractivity contribution in [2.75, 3.05) is 25.0 Å². The van der Waals surface area contributed by atoms with Gasteiger partial charge in [-0.25, -0.2) is 14.8 Å². The molecule has 204 valence electrons. The Kier molecular flexibility index (Phi) is 6.02. The molecule has 6 rings (SSSR count). The molecular formula is C26H31N9O4. The summed E-state index contributed by atoms with van der Waals surface area (Å²) in [6.45, 7) is 0.175. The van der Waals surface area contributed by atoms with Crippen molar-refractivity contribution in [2.24, 2.45) is 27.4 Å². The summed E-state index contributed by atoms with van der Waals surface area (Å²) in [5.74, 6) is -0.526. The Bertz CT molecular complexity index is 1390. The SMILES string of the molecule is NC1=NC2[C@H](CN3C(=O)CCC3=O)N=C(N)N3CC(NC(=O)Nc4cccc5ccccc45)C(CCO)C23N1. The molecule has 1 spiro atoms. The maximum atomic E-state index is 13.2. The molecule has 0 bridgehead atoms. The molecule has 4 unspecified atom stereocenters. The predicted octanol–water partition coefficient (Wildman–Crippen LogP) is -0.527. The van der Waals surface area contributed by atoms with Gasteiger partial charge in [-0.15, -0.1) is 0 Å². The zero-order valence-electron chi connectivity index (χ0n) is 21.2. The van der Waals surface area contributed by atoms with Crippen LogP contribution in [0.25, 0.3) is 10.8 Å². The van der Waals surface area contributed by atoms with E-state index < -0.39 is 29.8 Å². The van der Waals surface area contributed by atoms with Gasteiger partial charge in [-0.1, -0.05) is 36.4 Å². The Morgan fingerprint density at radius 1 is 1.10 bits per heavy atom. The van der Waals surface area contributed by atoms with Crippen LogP contribution in [0.2, 0.25) is 0 Å². The molecule has 0 radical (unpaired) electrons. The molecular weight excluding hydrogens is 502 g/mol. The number of urea groups is 1. The van der Waals surface area contributed by atoms with Gasteiger partial charge in [-0.05, 0) is 17.9 Å². The van der Waals surface area contributed by atoms with E-state index in [0.717, 1.165) is 10.8 Å². The van der Waals surface area contributed by atoms with E-state index in [1.165, 1.54) is 4.90 Å². The maximum Gasteiger partial charge on any atom is 0.319 e. The third-order valence-corrected chi connectivity index (χ3v) is 8.19. The van der Waals surface area contributed by atoms with Gasteiger partial charge in [0.25, 0.3) is 0 Å². The van der Waals surface area contributed by atoms with Crippen LogP contribution in [-0.2, 0) is 9.59 Å². The van der Waals surface area contributed by atoms with Crippen LogP contribution in [0.15, 0.2) is 52.4 Å². The Balaban J connectivity index is 1.28. The summed E-state index contributed by atoms with van der Waals surface area (Å²) in [4.78, 5) is 50.2. The van der Waals surface area contributed by atoms with Crippen LogP contribution in [0.4, 0.5) is 10.5 Å². The third-order valence-electron chi connectivity index (χ3n) is 8.19. The normalized spacial score (nSPS) is 29.6. The molecule has 5 atom stereocenters. The van der Waals surface area contributed by atoms with Gasteiger partial charge in [-0.3, -0.25) is 14.5 Å². The summed E-state index contributed by atoms with van der Waals surface area (Å²) < 4.78 is 0. The largest absolute Gasteiger partial charge is 0.396 e. The first-order valence-electron chi connectivity index (χ1n) is 13.0. The number of benzene rings is 2. The second kappa shape index (κ2) is 9.42. The number of likely N-dealkylation sites (tertiary alicyclic amines) is 1. The van der Waals surface area contributed by atoms with Gasteiger partial charge in [0.15, 0.2) is 11.9 Å². The number of anilines is 1. The Morgan fingerprint density at radius 2 is 1.85 bits per heavy atom. The van der Waals surface area contributed by atoms with Crippen LogP contribution in [0.5, 0.6) is 0 Å². The molecule has 2 fully saturated rings. The fraction of sp³-hybridized carbons (Fsp3) is 0.423. The molecule has 13 heteroatoms. The van der Waals surface area contributed by atoms with Crippen molar-refractivity contribution in [3.05, 3.63) is 42.5 Å². The molecule has 0 aliphatic carbocycles. The van der Waals surface area contributed by atoms with Crippen LogP contribution in [0, 0.1) is 5.92 Å². The van der Waals surface area contributed by atoms with Gasteiger partial charge in [0.05, 0.1) is 24.3 Å². The topological polar surface area (TPSA) is 191 Å². The number of nitrogens with zero attached hydrogens (tertiary/aromatic N) is 4. The second-order valence-corrected chi connectivity index (χ2v) is 10.3. The number of fused-ring (bicyclic) bond motifs is 1. The van der Waals surface area contributed by atoms with Crippen molar-refractivity contribution in [1.82, 2.24) is 20.4 Å². The van der Waals surface area contributed by atoms with Crippen molar-refractivity contribution in [1.29, 1.82) is 0 Å². The minimum atomic E-state index is -0.994. The van der Waals surface area contributed by atoms with Crippen LogP contribution >= 0.6 is 0 Å². The van der Waals surface area contributed by atoms with Crippen LogP contribution in [-0.4, -0.2) is 88.2 Å². The van der Waals surface area contributed by atoms with Crippen molar-refractivity contribution in [2.45, 2.75) is 43.1 Å². The number of rotatable bonds is 6. The average Bonchev–Trinajstić information content (AvgIpc) is 3.53. The zero-order valence-corrected chi connectivity index (χ0v) is 21.2. The van der Waals surface area contributed by atoms with Crippen molar-refractivity contribution >= 4 is 46.2 Å².